The van der Waals surface area contributed by atoms with Crippen molar-refractivity contribution >= 4 is 11.6 Å². The summed E-state index contributed by atoms with van der Waals surface area (Å²) in [6.07, 6.45) is 4.61. The number of amides is 1. The fourth-order valence-corrected chi connectivity index (χ4v) is 1.48. The van der Waals surface area contributed by atoms with Crippen LogP contribution >= 0.6 is 0 Å². The lowest BCUT2D eigenvalue weighted by Crippen LogP contribution is -2.37. The SMILES string of the molecule is CCCNC(=O)C(C)Nc1cnn(C(C)(C)C)c1. The Morgan fingerprint density at radius 1 is 1.50 bits per heavy atom. The van der Waals surface area contributed by atoms with E-state index in [2.05, 4.69) is 36.5 Å². The first kappa shape index (κ1) is 14.5. The van der Waals surface area contributed by atoms with Gasteiger partial charge in [0.15, 0.2) is 0 Å². The number of anilines is 1. The molecule has 0 aliphatic carbocycles. The van der Waals surface area contributed by atoms with Gasteiger partial charge in [0, 0.05) is 12.7 Å². The molecule has 0 saturated heterocycles. The van der Waals surface area contributed by atoms with Crippen LogP contribution < -0.4 is 10.6 Å². The van der Waals surface area contributed by atoms with E-state index >= 15 is 0 Å². The third-order valence-corrected chi connectivity index (χ3v) is 2.60. The third-order valence-electron chi connectivity index (χ3n) is 2.60. The molecule has 0 spiro atoms. The molecular weight excluding hydrogens is 228 g/mol. The maximum atomic E-state index is 11.7. The van der Waals surface area contributed by atoms with E-state index in [0.717, 1.165) is 12.1 Å². The van der Waals surface area contributed by atoms with Gasteiger partial charge in [0.2, 0.25) is 5.91 Å². The molecule has 1 amide bonds. The zero-order chi connectivity index (χ0) is 13.8. The quantitative estimate of drug-likeness (QED) is 0.842. The summed E-state index contributed by atoms with van der Waals surface area (Å²) in [6, 6.07) is -0.255. The lowest BCUT2D eigenvalue weighted by molar-refractivity contribution is -0.121. The van der Waals surface area contributed by atoms with Crippen LogP contribution in [0.2, 0.25) is 0 Å². The predicted octanol–water partition coefficient (Wildman–Crippen LogP) is 1.96. The van der Waals surface area contributed by atoms with Crippen molar-refractivity contribution in [3.05, 3.63) is 12.4 Å². The van der Waals surface area contributed by atoms with E-state index in [1.165, 1.54) is 0 Å². The Morgan fingerprint density at radius 3 is 2.67 bits per heavy atom. The van der Waals surface area contributed by atoms with Crippen LogP contribution in [0.3, 0.4) is 0 Å². The van der Waals surface area contributed by atoms with Crippen LogP contribution in [-0.4, -0.2) is 28.3 Å². The number of aromatic nitrogens is 2. The van der Waals surface area contributed by atoms with Crippen LogP contribution in [-0.2, 0) is 10.3 Å². The monoisotopic (exact) mass is 252 g/mol. The molecule has 0 radical (unpaired) electrons. The molecule has 0 fully saturated rings. The highest BCUT2D eigenvalue weighted by molar-refractivity contribution is 5.83. The summed E-state index contributed by atoms with van der Waals surface area (Å²) >= 11 is 0. The van der Waals surface area contributed by atoms with E-state index in [-0.39, 0.29) is 17.5 Å². The van der Waals surface area contributed by atoms with Gasteiger partial charge < -0.3 is 10.6 Å². The normalized spacial score (nSPS) is 13.2. The maximum Gasteiger partial charge on any atom is 0.242 e. The summed E-state index contributed by atoms with van der Waals surface area (Å²) in [6.45, 7) is 10.8. The number of carbonyl (C=O) groups is 1. The molecule has 1 aromatic rings. The van der Waals surface area contributed by atoms with Crippen molar-refractivity contribution in [2.24, 2.45) is 0 Å². The van der Waals surface area contributed by atoms with Crippen LogP contribution in [0.25, 0.3) is 0 Å². The summed E-state index contributed by atoms with van der Waals surface area (Å²) in [5.74, 6) is 0.0142. The molecule has 0 aromatic carbocycles. The van der Waals surface area contributed by atoms with Gasteiger partial charge >= 0.3 is 0 Å². The Morgan fingerprint density at radius 2 is 2.17 bits per heavy atom. The van der Waals surface area contributed by atoms with Gasteiger partial charge in [-0.05, 0) is 34.1 Å². The van der Waals surface area contributed by atoms with Crippen LogP contribution in [0, 0.1) is 0 Å². The highest BCUT2D eigenvalue weighted by atomic mass is 16.2. The zero-order valence-electron chi connectivity index (χ0n) is 11.9. The third kappa shape index (κ3) is 4.05. The van der Waals surface area contributed by atoms with Crippen molar-refractivity contribution in [3.8, 4) is 0 Å². The summed E-state index contributed by atoms with van der Waals surface area (Å²) in [7, 11) is 0. The standard InChI is InChI=1S/C13H24N4O/c1-6-7-14-12(18)10(2)16-11-8-15-17(9-11)13(3,4)5/h8-10,16H,6-7H2,1-5H3,(H,14,18). The highest BCUT2D eigenvalue weighted by Crippen LogP contribution is 2.16. The Labute approximate surface area is 109 Å². The van der Waals surface area contributed by atoms with Crippen molar-refractivity contribution < 1.29 is 4.79 Å². The molecule has 5 heteroatoms. The average Bonchev–Trinajstić information content (AvgIpc) is 2.73. The lowest BCUT2D eigenvalue weighted by atomic mass is 10.1. The molecule has 0 aliphatic heterocycles. The van der Waals surface area contributed by atoms with Crippen LogP contribution in [0.1, 0.15) is 41.0 Å². The molecule has 1 atom stereocenters. The first-order chi connectivity index (χ1) is 8.34. The topological polar surface area (TPSA) is 59.0 Å². The predicted molar refractivity (Wildman–Crippen MR) is 73.6 cm³/mol. The molecule has 1 unspecified atom stereocenters. The fraction of sp³-hybridized carbons (Fsp3) is 0.692. The second kappa shape index (κ2) is 5.89. The minimum atomic E-state index is -0.255. The van der Waals surface area contributed by atoms with Gasteiger partial charge in [0.1, 0.15) is 6.04 Å². The molecule has 2 N–H and O–H groups in total. The van der Waals surface area contributed by atoms with E-state index in [9.17, 15) is 4.79 Å². The molecule has 102 valence electrons. The van der Waals surface area contributed by atoms with Gasteiger partial charge in [-0.15, -0.1) is 0 Å². The molecule has 1 aromatic heterocycles. The average molecular weight is 252 g/mol. The van der Waals surface area contributed by atoms with Gasteiger partial charge in [0.05, 0.1) is 17.4 Å². The second-order valence-electron chi connectivity index (χ2n) is 5.50. The minimum Gasteiger partial charge on any atom is -0.371 e. The largest absolute Gasteiger partial charge is 0.371 e. The van der Waals surface area contributed by atoms with Crippen molar-refractivity contribution in [1.29, 1.82) is 0 Å². The van der Waals surface area contributed by atoms with Crippen LogP contribution in [0.15, 0.2) is 12.4 Å². The van der Waals surface area contributed by atoms with Crippen LogP contribution in [0.4, 0.5) is 5.69 Å². The number of nitrogens with one attached hydrogen (secondary N) is 2. The maximum absolute atomic E-state index is 11.7. The molecule has 1 heterocycles. The summed E-state index contributed by atoms with van der Waals surface area (Å²) in [4.78, 5) is 11.7. The highest BCUT2D eigenvalue weighted by Gasteiger charge is 2.16. The first-order valence-electron chi connectivity index (χ1n) is 6.44. The van der Waals surface area contributed by atoms with Gasteiger partial charge in [-0.1, -0.05) is 6.92 Å². The molecule has 18 heavy (non-hydrogen) atoms. The summed E-state index contributed by atoms with van der Waals surface area (Å²) < 4.78 is 1.88. The summed E-state index contributed by atoms with van der Waals surface area (Å²) in [5.41, 5.74) is 0.817. The van der Waals surface area contributed by atoms with Crippen LogP contribution in [0.5, 0.6) is 0 Å². The molecule has 0 aliphatic rings. The summed E-state index contributed by atoms with van der Waals surface area (Å²) in [5, 5.41) is 10.3. The number of hydrogen-bond acceptors (Lipinski definition) is 3. The Bertz CT molecular complexity index is 392. The van der Waals surface area contributed by atoms with E-state index < -0.39 is 0 Å². The smallest absolute Gasteiger partial charge is 0.242 e. The lowest BCUT2D eigenvalue weighted by Gasteiger charge is -2.19. The van der Waals surface area contributed by atoms with E-state index in [1.54, 1.807) is 6.20 Å². The number of hydrogen-bond donors (Lipinski definition) is 2. The van der Waals surface area contributed by atoms with Gasteiger partial charge in [-0.3, -0.25) is 9.48 Å². The van der Waals surface area contributed by atoms with E-state index in [4.69, 9.17) is 0 Å². The minimum absolute atomic E-state index is 0.0142. The van der Waals surface area contributed by atoms with Gasteiger partial charge in [0.25, 0.3) is 0 Å². The second-order valence-corrected chi connectivity index (χ2v) is 5.50. The van der Waals surface area contributed by atoms with Crippen molar-refractivity contribution in [2.75, 3.05) is 11.9 Å². The molecule has 1 rings (SSSR count). The van der Waals surface area contributed by atoms with Crippen molar-refractivity contribution in [1.82, 2.24) is 15.1 Å². The number of nitrogens with zero attached hydrogens (tertiary/aromatic N) is 2. The fourth-order valence-electron chi connectivity index (χ4n) is 1.48. The van der Waals surface area contributed by atoms with Gasteiger partial charge in [-0.25, -0.2) is 0 Å². The molecular formula is C13H24N4O. The Kier molecular flexibility index (Phi) is 4.76. The van der Waals surface area contributed by atoms with Crippen molar-refractivity contribution in [2.45, 2.75) is 52.6 Å². The number of carbonyl (C=O) groups excluding carboxylic acids is 1. The van der Waals surface area contributed by atoms with Gasteiger partial charge in [-0.2, -0.15) is 5.10 Å². The van der Waals surface area contributed by atoms with Crippen molar-refractivity contribution in [3.63, 3.8) is 0 Å². The first-order valence-corrected chi connectivity index (χ1v) is 6.44. The Balaban J connectivity index is 2.57. The van der Waals surface area contributed by atoms with E-state index in [0.29, 0.717) is 6.54 Å². The zero-order valence-corrected chi connectivity index (χ0v) is 11.9. The molecule has 5 nitrogen and oxygen atoms in total. The number of rotatable bonds is 5. The Hall–Kier alpha value is -1.52. The van der Waals surface area contributed by atoms with E-state index in [1.807, 2.05) is 24.7 Å². The molecule has 0 bridgehead atoms. The molecule has 0 saturated carbocycles.